The molecule has 1 heterocycles. The van der Waals surface area contributed by atoms with Crippen molar-refractivity contribution in [2.45, 2.75) is 6.92 Å². The highest BCUT2D eigenvalue weighted by molar-refractivity contribution is 5.67. The summed E-state index contributed by atoms with van der Waals surface area (Å²) >= 11 is 0. The van der Waals surface area contributed by atoms with Crippen molar-refractivity contribution in [3.63, 3.8) is 0 Å². The minimum absolute atomic E-state index is 0.0131. The van der Waals surface area contributed by atoms with Gasteiger partial charge in [0.25, 0.3) is 5.69 Å². The molecule has 6 nitrogen and oxygen atoms in total. The van der Waals surface area contributed by atoms with E-state index in [1.165, 1.54) is 18.2 Å². The topological polar surface area (TPSA) is 104 Å². The van der Waals surface area contributed by atoms with Crippen molar-refractivity contribution in [3.05, 3.63) is 57.3 Å². The maximum atomic E-state index is 10.7. The number of benzene rings is 1. The second kappa shape index (κ2) is 5.72. The van der Waals surface area contributed by atoms with Crippen LogP contribution in [0.4, 0.5) is 5.69 Å². The van der Waals surface area contributed by atoms with Crippen LogP contribution in [0.3, 0.4) is 0 Å². The van der Waals surface area contributed by atoms with E-state index in [-0.39, 0.29) is 11.3 Å². The van der Waals surface area contributed by atoms with Gasteiger partial charge in [0.15, 0.2) is 0 Å². The third-order valence-corrected chi connectivity index (χ3v) is 2.84. The van der Waals surface area contributed by atoms with Gasteiger partial charge in [-0.1, -0.05) is 0 Å². The number of non-ortho nitro benzene ring substituents is 1. The first-order chi connectivity index (χ1) is 10.0. The Balaban J connectivity index is 2.39. The molecule has 21 heavy (non-hydrogen) atoms. The number of rotatable bonds is 3. The van der Waals surface area contributed by atoms with Crippen LogP contribution in [0.25, 0.3) is 17.4 Å². The van der Waals surface area contributed by atoms with Gasteiger partial charge in [-0.15, -0.1) is 0 Å². The first kappa shape index (κ1) is 14.0. The van der Waals surface area contributed by atoms with E-state index in [1.54, 1.807) is 37.3 Å². The fourth-order valence-electron chi connectivity index (χ4n) is 1.84. The molecule has 0 aliphatic carbocycles. The van der Waals surface area contributed by atoms with Gasteiger partial charge in [0, 0.05) is 23.8 Å². The third kappa shape index (κ3) is 2.96. The zero-order valence-electron chi connectivity index (χ0n) is 11.0. The molecule has 0 radical (unpaired) electrons. The van der Waals surface area contributed by atoms with Gasteiger partial charge in [-0.05, 0) is 30.7 Å². The highest BCUT2D eigenvalue weighted by Gasteiger charge is 2.12. The number of nitrogens with zero attached hydrogens (tertiary/aromatic N) is 3. The molecule has 0 fully saturated rings. The molecule has 6 heteroatoms. The summed E-state index contributed by atoms with van der Waals surface area (Å²) in [5.74, 6) is 0.893. The summed E-state index contributed by atoms with van der Waals surface area (Å²) in [6.07, 6.45) is 1.34. The number of nitro benzene ring substituents is 1. The van der Waals surface area contributed by atoms with Crippen molar-refractivity contribution in [2.75, 3.05) is 0 Å². The van der Waals surface area contributed by atoms with Gasteiger partial charge in [0.05, 0.1) is 4.92 Å². The van der Waals surface area contributed by atoms with Crippen molar-refractivity contribution >= 4 is 11.8 Å². The number of nitro groups is 1. The zero-order valence-corrected chi connectivity index (χ0v) is 11.0. The molecule has 0 saturated carbocycles. The Hall–Kier alpha value is -3.38. The average molecular weight is 279 g/mol. The maximum Gasteiger partial charge on any atom is 0.269 e. The fourth-order valence-corrected chi connectivity index (χ4v) is 1.84. The first-order valence-corrected chi connectivity index (χ1v) is 5.92. The van der Waals surface area contributed by atoms with Crippen molar-refractivity contribution in [2.24, 2.45) is 0 Å². The first-order valence-electron chi connectivity index (χ1n) is 5.92. The van der Waals surface area contributed by atoms with E-state index in [9.17, 15) is 10.1 Å². The van der Waals surface area contributed by atoms with E-state index in [2.05, 4.69) is 0 Å². The molecule has 0 aliphatic rings. The summed E-state index contributed by atoms with van der Waals surface area (Å²) in [7, 11) is 0. The standard InChI is InChI=1S/C15H9N3O3/c1-10-6-12(18(19)20)2-4-14(10)15-5-3-13(21-15)7-11(8-16)9-17/h2-7H,1H3. The Morgan fingerprint density at radius 2 is 2.00 bits per heavy atom. The van der Waals surface area contributed by atoms with Crippen LogP contribution in [0.5, 0.6) is 0 Å². The van der Waals surface area contributed by atoms with Gasteiger partial charge in [0.2, 0.25) is 0 Å². The molecule has 0 bridgehead atoms. The second-order valence-corrected chi connectivity index (χ2v) is 4.24. The Morgan fingerprint density at radius 1 is 1.29 bits per heavy atom. The van der Waals surface area contributed by atoms with Crippen molar-refractivity contribution in [1.82, 2.24) is 0 Å². The lowest BCUT2D eigenvalue weighted by Crippen LogP contribution is -1.89. The maximum absolute atomic E-state index is 10.7. The Labute approximate surface area is 120 Å². The van der Waals surface area contributed by atoms with Gasteiger partial charge in [-0.3, -0.25) is 10.1 Å². The smallest absolute Gasteiger partial charge is 0.269 e. The Morgan fingerprint density at radius 3 is 2.57 bits per heavy atom. The van der Waals surface area contributed by atoms with Crippen LogP contribution in [-0.4, -0.2) is 4.92 Å². The van der Waals surface area contributed by atoms with E-state index in [4.69, 9.17) is 14.9 Å². The number of furan rings is 1. The van der Waals surface area contributed by atoms with Crippen LogP contribution in [0.1, 0.15) is 11.3 Å². The summed E-state index contributed by atoms with van der Waals surface area (Å²) in [5.41, 5.74) is 1.38. The highest BCUT2D eigenvalue weighted by Crippen LogP contribution is 2.28. The third-order valence-electron chi connectivity index (χ3n) is 2.84. The molecular formula is C15H9N3O3. The van der Waals surface area contributed by atoms with Gasteiger partial charge < -0.3 is 4.42 Å². The number of nitriles is 2. The molecular weight excluding hydrogens is 270 g/mol. The van der Waals surface area contributed by atoms with Crippen LogP contribution in [0.2, 0.25) is 0 Å². The number of aryl methyl sites for hydroxylation is 1. The molecule has 102 valence electrons. The van der Waals surface area contributed by atoms with E-state index in [1.807, 2.05) is 0 Å². The second-order valence-electron chi connectivity index (χ2n) is 4.24. The quantitative estimate of drug-likeness (QED) is 0.485. The van der Waals surface area contributed by atoms with Crippen molar-refractivity contribution < 1.29 is 9.34 Å². The zero-order chi connectivity index (χ0) is 15.4. The molecule has 2 rings (SSSR count). The average Bonchev–Trinajstić information content (AvgIpc) is 2.92. The molecule has 0 atom stereocenters. The molecule has 0 N–H and O–H groups in total. The molecule has 0 saturated heterocycles. The van der Waals surface area contributed by atoms with Crippen LogP contribution >= 0.6 is 0 Å². The summed E-state index contributed by atoms with van der Waals surface area (Å²) in [6, 6.07) is 11.3. The minimum Gasteiger partial charge on any atom is -0.457 e. The van der Waals surface area contributed by atoms with Crippen LogP contribution in [-0.2, 0) is 0 Å². The summed E-state index contributed by atoms with van der Waals surface area (Å²) in [5, 5.41) is 28.1. The largest absolute Gasteiger partial charge is 0.457 e. The number of allylic oxidation sites excluding steroid dienone is 1. The molecule has 0 spiro atoms. The lowest BCUT2D eigenvalue weighted by molar-refractivity contribution is -0.384. The SMILES string of the molecule is Cc1cc([N+](=O)[O-])ccc1-c1ccc(C=C(C#N)C#N)o1. The highest BCUT2D eigenvalue weighted by atomic mass is 16.6. The molecule has 1 aromatic heterocycles. The number of hydrogen-bond acceptors (Lipinski definition) is 5. The van der Waals surface area contributed by atoms with Gasteiger partial charge >= 0.3 is 0 Å². The van der Waals surface area contributed by atoms with Gasteiger partial charge in [-0.25, -0.2) is 0 Å². The van der Waals surface area contributed by atoms with E-state index in [0.717, 1.165) is 5.56 Å². The van der Waals surface area contributed by atoms with Crippen molar-refractivity contribution in [3.8, 4) is 23.5 Å². The van der Waals surface area contributed by atoms with Gasteiger partial charge in [-0.2, -0.15) is 10.5 Å². The normalized spacial score (nSPS) is 9.48. The molecule has 0 unspecified atom stereocenters. The van der Waals surface area contributed by atoms with Crippen LogP contribution < -0.4 is 0 Å². The molecule has 2 aromatic rings. The summed E-state index contributed by atoms with van der Waals surface area (Å²) < 4.78 is 5.54. The van der Waals surface area contributed by atoms with E-state index < -0.39 is 4.92 Å². The molecule has 0 amide bonds. The van der Waals surface area contributed by atoms with Crippen LogP contribution in [0.15, 0.2) is 40.3 Å². The lowest BCUT2D eigenvalue weighted by atomic mass is 10.1. The van der Waals surface area contributed by atoms with Crippen molar-refractivity contribution in [1.29, 1.82) is 10.5 Å². The monoisotopic (exact) mass is 279 g/mol. The predicted molar refractivity (Wildman–Crippen MR) is 74.7 cm³/mol. The molecule has 1 aromatic carbocycles. The lowest BCUT2D eigenvalue weighted by Gasteiger charge is -2.02. The predicted octanol–water partition coefficient (Wildman–Crippen LogP) is 3.59. The van der Waals surface area contributed by atoms with E-state index >= 15 is 0 Å². The summed E-state index contributed by atoms with van der Waals surface area (Å²) in [4.78, 5) is 10.2. The molecule has 0 aliphatic heterocycles. The van der Waals surface area contributed by atoms with Crippen LogP contribution in [0, 0.1) is 39.7 Å². The minimum atomic E-state index is -0.459. The Bertz CT molecular complexity index is 803. The summed E-state index contributed by atoms with van der Waals surface area (Å²) in [6.45, 7) is 1.75. The van der Waals surface area contributed by atoms with E-state index in [0.29, 0.717) is 17.1 Å². The Kier molecular flexibility index (Phi) is 3.83. The van der Waals surface area contributed by atoms with Gasteiger partial charge in [0.1, 0.15) is 29.2 Å². The number of hydrogen-bond donors (Lipinski definition) is 0. The fraction of sp³-hybridized carbons (Fsp3) is 0.0667.